The number of hydrogen-bond acceptors (Lipinski definition) is 8. The van der Waals surface area contributed by atoms with Crippen molar-refractivity contribution in [3.05, 3.63) is 59.6 Å². The molecule has 0 spiro atoms. The van der Waals surface area contributed by atoms with E-state index in [1.165, 1.54) is 4.68 Å². The van der Waals surface area contributed by atoms with Gasteiger partial charge in [0.15, 0.2) is 0 Å². The number of furan rings is 1. The molecule has 3 rings (SSSR count). The summed E-state index contributed by atoms with van der Waals surface area (Å²) in [6.07, 6.45) is 2.23. The Labute approximate surface area is 149 Å². The Bertz CT molecular complexity index is 947. The molecule has 0 atom stereocenters. The Hall–Kier alpha value is -3.62. The van der Waals surface area contributed by atoms with E-state index in [4.69, 9.17) is 15.9 Å². The van der Waals surface area contributed by atoms with Crippen LogP contribution in [0.3, 0.4) is 0 Å². The van der Waals surface area contributed by atoms with E-state index in [0.717, 1.165) is 5.56 Å². The van der Waals surface area contributed by atoms with Crippen molar-refractivity contribution in [1.82, 2.24) is 14.6 Å². The maximum atomic E-state index is 9.28. The number of phenolic OH excluding ortho intramolecular Hbond substituents is 1. The number of nitrogens with two attached hydrogens (primary N) is 2. The molecular formula is C17H19N7O2. The van der Waals surface area contributed by atoms with E-state index in [1.807, 2.05) is 12.1 Å². The van der Waals surface area contributed by atoms with Crippen molar-refractivity contribution in [2.75, 3.05) is 18.0 Å². The predicted octanol–water partition coefficient (Wildman–Crippen LogP) is 1.16. The third-order valence-electron chi connectivity index (χ3n) is 3.58. The molecule has 0 aliphatic heterocycles. The van der Waals surface area contributed by atoms with E-state index in [-0.39, 0.29) is 23.3 Å². The van der Waals surface area contributed by atoms with Gasteiger partial charge in [-0.25, -0.2) is 4.99 Å². The molecule has 0 radical (unpaired) electrons. The highest BCUT2D eigenvalue weighted by molar-refractivity contribution is 5.96. The summed E-state index contributed by atoms with van der Waals surface area (Å²) in [5.74, 6) is 0.977. The fourth-order valence-electron chi connectivity index (χ4n) is 2.25. The first-order chi connectivity index (χ1) is 12.5. The fourth-order valence-corrected chi connectivity index (χ4v) is 2.25. The lowest BCUT2D eigenvalue weighted by atomic mass is 10.1. The molecule has 2 aromatic heterocycles. The van der Waals surface area contributed by atoms with E-state index in [0.29, 0.717) is 24.4 Å². The van der Waals surface area contributed by atoms with Crippen LogP contribution in [0.4, 0.5) is 11.9 Å². The third-order valence-corrected chi connectivity index (χ3v) is 3.58. The summed E-state index contributed by atoms with van der Waals surface area (Å²) in [6.45, 7) is 2.23. The third kappa shape index (κ3) is 4.07. The minimum atomic E-state index is 0.0757. The van der Waals surface area contributed by atoms with Crippen LogP contribution in [-0.2, 0) is 6.42 Å². The average molecular weight is 353 g/mol. The quantitative estimate of drug-likeness (QED) is 0.588. The molecule has 0 unspecified atom stereocenters. The molecule has 0 aliphatic carbocycles. The van der Waals surface area contributed by atoms with Crippen molar-refractivity contribution in [3.8, 4) is 5.75 Å². The van der Waals surface area contributed by atoms with Crippen molar-refractivity contribution in [1.29, 1.82) is 0 Å². The molecule has 0 saturated heterocycles. The minimum absolute atomic E-state index is 0.0757. The van der Waals surface area contributed by atoms with Gasteiger partial charge in [-0.1, -0.05) is 12.1 Å². The molecular weight excluding hydrogens is 334 g/mol. The normalized spacial score (nSPS) is 11.5. The van der Waals surface area contributed by atoms with Crippen molar-refractivity contribution in [2.45, 2.75) is 13.3 Å². The molecule has 0 aliphatic rings. The van der Waals surface area contributed by atoms with Gasteiger partial charge in [-0.2, -0.15) is 19.7 Å². The molecule has 0 bridgehead atoms. The number of benzene rings is 1. The summed E-state index contributed by atoms with van der Waals surface area (Å²) < 4.78 is 6.51. The molecule has 9 nitrogen and oxygen atoms in total. The van der Waals surface area contributed by atoms with Gasteiger partial charge < -0.3 is 21.0 Å². The molecule has 2 heterocycles. The molecule has 5 N–H and O–H groups in total. The van der Waals surface area contributed by atoms with Crippen molar-refractivity contribution in [3.63, 3.8) is 0 Å². The summed E-state index contributed by atoms with van der Waals surface area (Å²) in [6, 6.07) is 10.5. The Kier molecular flexibility index (Phi) is 4.97. The number of nitrogen functional groups attached to an aromatic ring is 2. The summed E-state index contributed by atoms with van der Waals surface area (Å²) in [4.78, 5) is 12.5. The first-order valence-electron chi connectivity index (χ1n) is 7.93. The second kappa shape index (κ2) is 7.51. The van der Waals surface area contributed by atoms with Crippen LogP contribution in [-0.4, -0.2) is 32.0 Å². The van der Waals surface area contributed by atoms with E-state index in [1.54, 1.807) is 37.5 Å². The zero-order chi connectivity index (χ0) is 18.5. The summed E-state index contributed by atoms with van der Waals surface area (Å²) in [5, 5.41) is 13.6. The Balaban J connectivity index is 1.78. The summed E-state index contributed by atoms with van der Waals surface area (Å²) in [7, 11) is 0. The monoisotopic (exact) mass is 353 g/mol. The standard InChI is InChI=1S/C17H19N7O2/c1-11(14-3-2-10-26-14)23-24-15(18)21-17(22-16(24)19)20-9-8-12-4-6-13(25)7-5-12/h2-7,10,25H,8-9H2,1H3,(H4,18,19,20,21,22)/b23-11+. The van der Waals surface area contributed by atoms with E-state index in [9.17, 15) is 5.11 Å². The van der Waals surface area contributed by atoms with Crippen molar-refractivity contribution < 1.29 is 9.52 Å². The van der Waals surface area contributed by atoms with E-state index in [2.05, 4.69) is 20.1 Å². The van der Waals surface area contributed by atoms with Gasteiger partial charge in [-0.05, 0) is 43.2 Å². The lowest BCUT2D eigenvalue weighted by molar-refractivity contribution is 0.475. The van der Waals surface area contributed by atoms with Gasteiger partial charge in [0, 0.05) is 6.54 Å². The molecule has 1 aromatic carbocycles. The fraction of sp³-hybridized carbons (Fsp3) is 0.176. The highest BCUT2D eigenvalue weighted by atomic mass is 16.3. The van der Waals surface area contributed by atoms with E-state index >= 15 is 0 Å². The highest BCUT2D eigenvalue weighted by Gasteiger charge is 2.07. The first kappa shape index (κ1) is 17.2. The molecule has 0 amide bonds. The average Bonchev–Trinajstić information content (AvgIpc) is 3.14. The second-order valence-corrected chi connectivity index (χ2v) is 5.51. The summed E-state index contributed by atoms with van der Waals surface area (Å²) >= 11 is 0. The zero-order valence-electron chi connectivity index (χ0n) is 14.2. The molecule has 26 heavy (non-hydrogen) atoms. The number of rotatable bonds is 5. The van der Waals surface area contributed by atoms with Crippen molar-refractivity contribution in [2.24, 2.45) is 10.1 Å². The number of aromatic nitrogens is 3. The van der Waals surface area contributed by atoms with Gasteiger partial charge in [0.05, 0.1) is 6.26 Å². The Morgan fingerprint density at radius 2 is 1.85 bits per heavy atom. The number of hydrogen-bond donors (Lipinski definition) is 3. The van der Waals surface area contributed by atoms with Crippen LogP contribution in [0.5, 0.6) is 5.75 Å². The molecule has 134 valence electrons. The summed E-state index contributed by atoms with van der Waals surface area (Å²) in [5.41, 5.74) is 13.7. The first-order valence-corrected chi connectivity index (χ1v) is 7.93. The van der Waals surface area contributed by atoms with Gasteiger partial charge in [-0.15, -0.1) is 0 Å². The van der Waals surface area contributed by atoms with Gasteiger partial charge in [0.25, 0.3) is 5.62 Å². The number of phenols is 1. The van der Waals surface area contributed by atoms with Crippen molar-refractivity contribution >= 4 is 17.6 Å². The Morgan fingerprint density at radius 1 is 1.15 bits per heavy atom. The highest BCUT2D eigenvalue weighted by Crippen LogP contribution is 2.10. The van der Waals surface area contributed by atoms with Crippen LogP contribution in [0.1, 0.15) is 18.2 Å². The minimum Gasteiger partial charge on any atom is -0.508 e. The van der Waals surface area contributed by atoms with Gasteiger partial charge >= 0.3 is 0 Å². The molecule has 0 fully saturated rings. The SMILES string of the molecule is C/C(=N\n1c(N)nc(=NCCc2ccc(O)cc2)nc1N)c1ccco1. The van der Waals surface area contributed by atoms with Gasteiger partial charge in [0.1, 0.15) is 17.2 Å². The number of aromatic hydroxyl groups is 1. The Morgan fingerprint density at radius 3 is 2.46 bits per heavy atom. The maximum Gasteiger partial charge on any atom is 0.251 e. The predicted molar refractivity (Wildman–Crippen MR) is 97.4 cm³/mol. The molecule has 9 heteroatoms. The van der Waals surface area contributed by atoms with E-state index < -0.39 is 0 Å². The van der Waals surface area contributed by atoms with Crippen LogP contribution in [0, 0.1) is 0 Å². The second-order valence-electron chi connectivity index (χ2n) is 5.51. The van der Waals surface area contributed by atoms with Crippen LogP contribution >= 0.6 is 0 Å². The number of nitrogens with zero attached hydrogens (tertiary/aromatic N) is 5. The topological polar surface area (TPSA) is 141 Å². The lowest BCUT2D eigenvalue weighted by Crippen LogP contribution is -2.24. The van der Waals surface area contributed by atoms with Gasteiger partial charge in [0.2, 0.25) is 11.9 Å². The smallest absolute Gasteiger partial charge is 0.251 e. The maximum absolute atomic E-state index is 9.28. The molecule has 0 saturated carbocycles. The molecule has 3 aromatic rings. The van der Waals surface area contributed by atoms with Crippen LogP contribution in [0.25, 0.3) is 0 Å². The van der Waals surface area contributed by atoms with Gasteiger partial charge in [-0.3, -0.25) is 0 Å². The van der Waals surface area contributed by atoms with Crippen LogP contribution in [0.2, 0.25) is 0 Å². The zero-order valence-corrected chi connectivity index (χ0v) is 14.2. The van der Waals surface area contributed by atoms with Crippen LogP contribution < -0.4 is 17.1 Å². The lowest BCUT2D eigenvalue weighted by Gasteiger charge is -2.07. The van der Waals surface area contributed by atoms with Crippen LogP contribution in [0.15, 0.2) is 57.2 Å². The number of anilines is 2. The largest absolute Gasteiger partial charge is 0.508 e.